The lowest BCUT2D eigenvalue weighted by molar-refractivity contribution is -0.148. The van der Waals surface area contributed by atoms with E-state index in [2.05, 4.69) is 4.98 Å². The molecule has 6 nitrogen and oxygen atoms in total. The van der Waals surface area contributed by atoms with E-state index in [1.807, 2.05) is 0 Å². The second-order valence-corrected chi connectivity index (χ2v) is 5.21. The molecule has 0 spiro atoms. The molecule has 0 saturated heterocycles. The summed E-state index contributed by atoms with van der Waals surface area (Å²) in [4.78, 5) is 27.2. The SMILES string of the molecule is CC1=CC(Oc2ccc3nc4ccc(=O)cc-4oc3c2)OC1=O. The Morgan fingerprint density at radius 3 is 2.78 bits per heavy atom. The quantitative estimate of drug-likeness (QED) is 0.534. The second kappa shape index (κ2) is 4.95. The number of fused-ring (bicyclic) bond motifs is 2. The van der Waals surface area contributed by atoms with Crippen molar-refractivity contribution in [2.75, 3.05) is 0 Å². The van der Waals surface area contributed by atoms with Gasteiger partial charge in [-0.2, -0.15) is 0 Å². The molecule has 0 saturated carbocycles. The predicted octanol–water partition coefficient (Wildman–Crippen LogP) is 2.50. The first-order valence-electron chi connectivity index (χ1n) is 6.99. The number of ether oxygens (including phenoxy) is 2. The number of cyclic esters (lactones) is 1. The van der Waals surface area contributed by atoms with Crippen LogP contribution in [0, 0.1) is 0 Å². The van der Waals surface area contributed by atoms with Crippen molar-refractivity contribution in [2.45, 2.75) is 13.2 Å². The van der Waals surface area contributed by atoms with Crippen molar-refractivity contribution in [3.63, 3.8) is 0 Å². The molecule has 0 N–H and O–H groups in total. The van der Waals surface area contributed by atoms with Gasteiger partial charge in [0.1, 0.15) is 17.0 Å². The molecule has 0 aromatic heterocycles. The van der Waals surface area contributed by atoms with E-state index in [0.717, 1.165) is 0 Å². The third-order valence-corrected chi connectivity index (χ3v) is 3.51. The molecule has 1 aliphatic carbocycles. The Labute approximate surface area is 130 Å². The molecular weight excluding hydrogens is 298 g/mol. The Hall–Kier alpha value is -3.15. The normalized spacial score (nSPS) is 17.3. The summed E-state index contributed by atoms with van der Waals surface area (Å²) in [6.45, 7) is 1.66. The number of rotatable bonds is 2. The first-order valence-corrected chi connectivity index (χ1v) is 6.99. The van der Waals surface area contributed by atoms with Crippen LogP contribution in [0.4, 0.5) is 0 Å². The molecule has 0 radical (unpaired) electrons. The van der Waals surface area contributed by atoms with Crippen LogP contribution in [0.25, 0.3) is 22.6 Å². The fourth-order valence-corrected chi connectivity index (χ4v) is 2.36. The van der Waals surface area contributed by atoms with E-state index < -0.39 is 12.3 Å². The van der Waals surface area contributed by atoms with Crippen LogP contribution >= 0.6 is 0 Å². The third kappa shape index (κ3) is 2.44. The van der Waals surface area contributed by atoms with Crippen molar-refractivity contribution in [2.24, 2.45) is 0 Å². The Morgan fingerprint density at radius 1 is 1.13 bits per heavy atom. The van der Waals surface area contributed by atoms with Crippen molar-refractivity contribution < 1.29 is 18.7 Å². The molecule has 1 atom stereocenters. The molecule has 2 aliphatic heterocycles. The minimum Gasteiger partial charge on any atom is -0.453 e. The second-order valence-electron chi connectivity index (χ2n) is 5.21. The fraction of sp³-hybridized carbons (Fsp3) is 0.118. The van der Waals surface area contributed by atoms with E-state index in [-0.39, 0.29) is 5.43 Å². The van der Waals surface area contributed by atoms with Crippen LogP contribution in [0.3, 0.4) is 0 Å². The van der Waals surface area contributed by atoms with Gasteiger partial charge in [-0.15, -0.1) is 0 Å². The highest BCUT2D eigenvalue weighted by Gasteiger charge is 2.23. The minimum atomic E-state index is -0.749. The van der Waals surface area contributed by atoms with Gasteiger partial charge in [0.15, 0.2) is 16.8 Å². The number of esters is 1. The predicted molar refractivity (Wildman–Crippen MR) is 81.2 cm³/mol. The van der Waals surface area contributed by atoms with Gasteiger partial charge in [0, 0.05) is 23.8 Å². The zero-order valence-corrected chi connectivity index (χ0v) is 12.1. The summed E-state index contributed by atoms with van der Waals surface area (Å²) in [6.07, 6.45) is 0.855. The van der Waals surface area contributed by atoms with Crippen LogP contribution in [0.1, 0.15) is 6.92 Å². The van der Waals surface area contributed by atoms with Crippen molar-refractivity contribution in [3.8, 4) is 17.2 Å². The summed E-state index contributed by atoms with van der Waals surface area (Å²) >= 11 is 0. The van der Waals surface area contributed by atoms with Gasteiger partial charge in [-0.25, -0.2) is 9.78 Å². The summed E-state index contributed by atoms with van der Waals surface area (Å²) in [5, 5.41) is 0. The van der Waals surface area contributed by atoms with Crippen molar-refractivity contribution >= 4 is 17.1 Å². The lowest BCUT2D eigenvalue weighted by atomic mass is 10.2. The lowest BCUT2D eigenvalue weighted by Gasteiger charge is -2.12. The van der Waals surface area contributed by atoms with E-state index in [9.17, 15) is 9.59 Å². The Balaban J connectivity index is 1.73. The highest BCUT2D eigenvalue weighted by Crippen LogP contribution is 2.27. The average molecular weight is 309 g/mol. The highest BCUT2D eigenvalue weighted by molar-refractivity contribution is 5.90. The molecule has 2 heterocycles. The van der Waals surface area contributed by atoms with Gasteiger partial charge in [0.25, 0.3) is 6.29 Å². The van der Waals surface area contributed by atoms with Crippen LogP contribution in [0.15, 0.2) is 57.3 Å². The minimum absolute atomic E-state index is 0.145. The van der Waals surface area contributed by atoms with Gasteiger partial charge in [-0.1, -0.05) is 0 Å². The van der Waals surface area contributed by atoms with Crippen LogP contribution < -0.4 is 10.2 Å². The number of benzene rings is 2. The van der Waals surface area contributed by atoms with Gasteiger partial charge in [-0.05, 0) is 31.2 Å². The topological polar surface area (TPSA) is 78.6 Å². The maximum absolute atomic E-state index is 11.4. The number of nitrogens with zero attached hydrogens (tertiary/aromatic N) is 1. The maximum atomic E-state index is 11.4. The van der Waals surface area contributed by atoms with Crippen LogP contribution in [-0.2, 0) is 9.53 Å². The monoisotopic (exact) mass is 309 g/mol. The summed E-state index contributed by atoms with van der Waals surface area (Å²) in [5.41, 5.74) is 2.09. The van der Waals surface area contributed by atoms with E-state index in [1.165, 1.54) is 12.1 Å². The first kappa shape index (κ1) is 13.5. The highest BCUT2D eigenvalue weighted by atomic mass is 16.7. The number of hydrogen-bond donors (Lipinski definition) is 0. The summed E-state index contributed by atoms with van der Waals surface area (Å²) in [6, 6.07) is 9.56. The maximum Gasteiger partial charge on any atom is 0.336 e. The molecule has 0 bridgehead atoms. The Kier molecular flexibility index (Phi) is 2.90. The molecule has 23 heavy (non-hydrogen) atoms. The van der Waals surface area contributed by atoms with Gasteiger partial charge in [-0.3, -0.25) is 4.79 Å². The molecule has 1 unspecified atom stereocenters. The molecule has 1 aromatic rings. The standard InChI is InChI=1S/C17H11NO5/c1-9-6-16(23-17(9)20)21-11-3-5-13-15(8-11)22-14-7-10(19)2-4-12(14)18-13/h2-8,16H,1H3. The van der Waals surface area contributed by atoms with Gasteiger partial charge in [0.2, 0.25) is 0 Å². The van der Waals surface area contributed by atoms with E-state index in [4.69, 9.17) is 13.9 Å². The van der Waals surface area contributed by atoms with E-state index in [1.54, 1.807) is 37.3 Å². The van der Waals surface area contributed by atoms with Crippen molar-refractivity contribution in [3.05, 3.63) is 58.3 Å². The largest absolute Gasteiger partial charge is 0.453 e. The molecule has 0 amide bonds. The van der Waals surface area contributed by atoms with E-state index in [0.29, 0.717) is 33.9 Å². The van der Waals surface area contributed by atoms with E-state index >= 15 is 0 Å². The molecule has 3 aliphatic rings. The third-order valence-electron chi connectivity index (χ3n) is 3.51. The van der Waals surface area contributed by atoms with Gasteiger partial charge >= 0.3 is 5.97 Å². The number of hydrogen-bond acceptors (Lipinski definition) is 6. The average Bonchev–Trinajstić information content (AvgIpc) is 2.83. The van der Waals surface area contributed by atoms with Gasteiger partial charge < -0.3 is 13.9 Å². The Bertz CT molecular complexity index is 988. The smallest absolute Gasteiger partial charge is 0.336 e. The van der Waals surface area contributed by atoms with Crippen molar-refractivity contribution in [1.82, 2.24) is 4.98 Å². The molecular formula is C17H11NO5. The molecule has 1 aromatic carbocycles. The molecule has 4 rings (SSSR count). The summed E-state index contributed by atoms with van der Waals surface area (Å²) in [7, 11) is 0. The fourth-order valence-electron chi connectivity index (χ4n) is 2.36. The number of carbonyl (C=O) groups is 1. The lowest BCUT2D eigenvalue weighted by Crippen LogP contribution is -2.15. The molecule has 6 heteroatoms. The summed E-state index contributed by atoms with van der Waals surface area (Å²) < 4.78 is 16.3. The number of carbonyl (C=O) groups excluding carboxylic acids is 1. The molecule has 0 fully saturated rings. The van der Waals surface area contributed by atoms with Crippen LogP contribution in [-0.4, -0.2) is 17.2 Å². The summed E-state index contributed by atoms with van der Waals surface area (Å²) in [5.74, 6) is 0.491. The van der Waals surface area contributed by atoms with Crippen LogP contribution in [0.5, 0.6) is 5.75 Å². The number of aromatic nitrogens is 1. The Morgan fingerprint density at radius 2 is 2.00 bits per heavy atom. The first-order chi connectivity index (χ1) is 11.1. The zero-order valence-electron chi connectivity index (χ0n) is 12.1. The molecule has 114 valence electrons. The van der Waals surface area contributed by atoms with Crippen molar-refractivity contribution in [1.29, 1.82) is 0 Å². The van der Waals surface area contributed by atoms with Gasteiger partial charge in [0.05, 0.1) is 0 Å². The zero-order chi connectivity index (χ0) is 16.0. The van der Waals surface area contributed by atoms with Crippen LogP contribution in [0.2, 0.25) is 0 Å².